The number of rotatable bonds is 6. The number of aliphatic hydroxyl groups excluding tert-OH is 1. The number of hydrogen-bond acceptors (Lipinski definition) is 3. The molecule has 0 atom stereocenters. The summed E-state index contributed by atoms with van der Waals surface area (Å²) in [5.74, 6) is -0.851. The number of aliphatic carboxylic acids is 1. The summed E-state index contributed by atoms with van der Waals surface area (Å²) in [6.45, 7) is 0.0104. The number of hydrogen-bond donors (Lipinski definition) is 3. The molecule has 0 aliphatic carbocycles. The second kappa shape index (κ2) is 8.07. The van der Waals surface area contributed by atoms with E-state index in [2.05, 4.69) is 10.2 Å². The lowest BCUT2D eigenvalue weighted by Gasteiger charge is -2.08. The number of aromatic nitrogens is 2. The van der Waals surface area contributed by atoms with Gasteiger partial charge in [-0.05, 0) is 40.5 Å². The minimum atomic E-state index is -0.851. The molecule has 1 heterocycles. The Hall–Kier alpha value is -3.15. The summed E-state index contributed by atoms with van der Waals surface area (Å²) in [6, 6.07) is 19.6. The van der Waals surface area contributed by atoms with Crippen molar-refractivity contribution in [1.82, 2.24) is 10.2 Å². The fourth-order valence-corrected chi connectivity index (χ4v) is 3.69. The van der Waals surface area contributed by atoms with Crippen LogP contribution in [-0.2, 0) is 17.8 Å². The smallest absolute Gasteiger partial charge is 0.303 e. The number of carbonyl (C=O) groups is 1. The predicted octanol–water partition coefficient (Wildman–Crippen LogP) is 5.06. The van der Waals surface area contributed by atoms with Gasteiger partial charge in [0.25, 0.3) is 0 Å². The second-order valence-corrected chi connectivity index (χ2v) is 7.28. The molecule has 0 radical (unpaired) electrons. The van der Waals surface area contributed by atoms with Crippen molar-refractivity contribution < 1.29 is 15.0 Å². The summed E-state index contributed by atoms with van der Waals surface area (Å²) in [4.78, 5) is 10.9. The third kappa shape index (κ3) is 4.01. The first-order valence-corrected chi connectivity index (χ1v) is 9.62. The summed E-state index contributed by atoms with van der Waals surface area (Å²) >= 11 is 6.50. The van der Waals surface area contributed by atoms with Crippen LogP contribution in [0.3, 0.4) is 0 Å². The van der Waals surface area contributed by atoms with Crippen LogP contribution in [0.1, 0.15) is 17.7 Å². The Morgan fingerprint density at radius 3 is 2.48 bits per heavy atom. The van der Waals surface area contributed by atoms with E-state index < -0.39 is 5.97 Å². The number of nitrogens with zero attached hydrogens (tertiary/aromatic N) is 1. The minimum Gasteiger partial charge on any atom is -0.481 e. The summed E-state index contributed by atoms with van der Waals surface area (Å²) in [7, 11) is 0. The third-order valence-corrected chi connectivity index (χ3v) is 5.26. The van der Waals surface area contributed by atoms with Crippen molar-refractivity contribution in [2.75, 3.05) is 0 Å². The highest BCUT2D eigenvalue weighted by atomic mass is 35.5. The lowest BCUT2D eigenvalue weighted by Crippen LogP contribution is -1.98. The lowest BCUT2D eigenvalue weighted by molar-refractivity contribution is -0.136. The normalized spacial score (nSPS) is 11.1. The summed E-state index contributed by atoms with van der Waals surface area (Å²) < 4.78 is 0. The molecular weight excluding hydrogens is 388 g/mol. The molecule has 3 N–H and O–H groups in total. The van der Waals surface area contributed by atoms with Crippen molar-refractivity contribution in [3.8, 4) is 22.3 Å². The fourth-order valence-electron chi connectivity index (χ4n) is 3.42. The van der Waals surface area contributed by atoms with Crippen LogP contribution in [0.25, 0.3) is 33.2 Å². The first-order valence-electron chi connectivity index (χ1n) is 9.24. The minimum absolute atomic E-state index is 0.0104. The number of fused-ring (bicyclic) bond motifs is 1. The number of benzene rings is 3. The molecule has 0 aliphatic rings. The highest BCUT2D eigenvalue weighted by Crippen LogP contribution is 2.34. The number of carboxylic acid groups (broad SMARTS) is 1. The first kappa shape index (κ1) is 19.2. The average molecular weight is 407 g/mol. The highest BCUT2D eigenvalue weighted by Gasteiger charge is 2.13. The molecule has 0 amide bonds. The van der Waals surface area contributed by atoms with Crippen LogP contribution >= 0.6 is 11.6 Å². The number of aliphatic hydroxyl groups is 1. The number of aryl methyl sites for hydroxylation is 1. The van der Waals surface area contributed by atoms with Crippen molar-refractivity contribution in [3.05, 3.63) is 76.9 Å². The number of H-pyrrole nitrogens is 1. The summed E-state index contributed by atoms with van der Waals surface area (Å²) in [6.07, 6.45) is 0.385. The largest absolute Gasteiger partial charge is 0.481 e. The second-order valence-electron chi connectivity index (χ2n) is 6.88. The van der Waals surface area contributed by atoms with Crippen molar-refractivity contribution in [1.29, 1.82) is 0 Å². The third-order valence-electron chi connectivity index (χ3n) is 4.94. The van der Waals surface area contributed by atoms with E-state index in [1.54, 1.807) is 0 Å². The molecule has 4 aromatic rings. The molecule has 146 valence electrons. The number of nitrogens with one attached hydrogen (secondary N) is 1. The van der Waals surface area contributed by atoms with Crippen molar-refractivity contribution in [2.45, 2.75) is 19.4 Å². The quantitative estimate of drug-likeness (QED) is 0.417. The zero-order valence-electron chi connectivity index (χ0n) is 15.5. The average Bonchev–Trinajstić information content (AvgIpc) is 3.13. The molecule has 29 heavy (non-hydrogen) atoms. The highest BCUT2D eigenvalue weighted by molar-refractivity contribution is 6.34. The van der Waals surface area contributed by atoms with E-state index in [1.165, 1.54) is 0 Å². The molecule has 6 heteroatoms. The monoisotopic (exact) mass is 406 g/mol. The van der Waals surface area contributed by atoms with Crippen LogP contribution in [0.15, 0.2) is 60.7 Å². The molecule has 5 nitrogen and oxygen atoms in total. The molecular formula is C23H19ClN2O3. The Kier molecular flexibility index (Phi) is 5.34. The van der Waals surface area contributed by atoms with Crippen molar-refractivity contribution in [3.63, 3.8) is 0 Å². The Labute approximate surface area is 172 Å². The maximum absolute atomic E-state index is 10.9. The molecule has 0 fully saturated rings. The van der Waals surface area contributed by atoms with Gasteiger partial charge in [0, 0.05) is 17.4 Å². The van der Waals surface area contributed by atoms with E-state index in [0.717, 1.165) is 44.4 Å². The summed E-state index contributed by atoms with van der Waals surface area (Å²) in [5, 5.41) is 26.9. The van der Waals surface area contributed by atoms with Crippen LogP contribution in [0.2, 0.25) is 5.02 Å². The van der Waals surface area contributed by atoms with Crippen molar-refractivity contribution in [2.24, 2.45) is 0 Å². The van der Waals surface area contributed by atoms with E-state index in [9.17, 15) is 9.90 Å². The van der Waals surface area contributed by atoms with Crippen molar-refractivity contribution >= 4 is 28.5 Å². The van der Waals surface area contributed by atoms with Gasteiger partial charge in [0.05, 0.1) is 29.3 Å². The van der Waals surface area contributed by atoms with E-state index in [-0.39, 0.29) is 13.0 Å². The zero-order valence-corrected chi connectivity index (χ0v) is 16.3. The SMILES string of the molecule is O=C(O)CCc1n[nH]c2cc(Cl)c(-c3ccc(-c4cccc(CO)c4)cc3)cc12. The van der Waals surface area contributed by atoms with Gasteiger partial charge >= 0.3 is 5.97 Å². The van der Waals surface area contributed by atoms with E-state index >= 15 is 0 Å². The molecule has 0 aliphatic heterocycles. The van der Waals surface area contributed by atoms with Crippen LogP contribution in [0, 0.1) is 0 Å². The number of carboxylic acids is 1. The van der Waals surface area contributed by atoms with Gasteiger partial charge in [0.2, 0.25) is 0 Å². The van der Waals surface area contributed by atoms with Gasteiger partial charge in [0.1, 0.15) is 0 Å². The van der Waals surface area contributed by atoms with Crippen LogP contribution in [-0.4, -0.2) is 26.4 Å². The maximum Gasteiger partial charge on any atom is 0.303 e. The Balaban J connectivity index is 1.69. The van der Waals surface area contributed by atoms with Crippen LogP contribution in [0.4, 0.5) is 0 Å². The molecule has 4 rings (SSSR count). The molecule has 0 spiro atoms. The molecule has 0 bridgehead atoms. The number of aromatic amines is 1. The molecule has 3 aromatic carbocycles. The van der Waals surface area contributed by atoms with Gasteiger partial charge in [-0.3, -0.25) is 9.89 Å². The van der Waals surface area contributed by atoms with E-state index in [4.69, 9.17) is 16.7 Å². The molecule has 0 saturated carbocycles. The zero-order chi connectivity index (χ0) is 20.4. The fraction of sp³-hybridized carbons (Fsp3) is 0.130. The molecule has 0 unspecified atom stereocenters. The predicted molar refractivity (Wildman–Crippen MR) is 114 cm³/mol. The van der Waals surface area contributed by atoms with Gasteiger partial charge in [0.15, 0.2) is 0 Å². The first-order chi connectivity index (χ1) is 14.0. The van der Waals surface area contributed by atoms with Gasteiger partial charge < -0.3 is 10.2 Å². The van der Waals surface area contributed by atoms with Gasteiger partial charge in [-0.15, -0.1) is 0 Å². The maximum atomic E-state index is 10.9. The Morgan fingerprint density at radius 2 is 1.76 bits per heavy atom. The van der Waals surface area contributed by atoms with E-state index in [0.29, 0.717) is 11.4 Å². The molecule has 0 saturated heterocycles. The van der Waals surface area contributed by atoms with Crippen LogP contribution in [0.5, 0.6) is 0 Å². The molecule has 1 aromatic heterocycles. The van der Waals surface area contributed by atoms with E-state index in [1.807, 2.05) is 60.7 Å². The Bertz CT molecular complexity index is 1180. The van der Waals surface area contributed by atoms with Gasteiger partial charge in [-0.25, -0.2) is 0 Å². The van der Waals surface area contributed by atoms with Crippen LogP contribution < -0.4 is 0 Å². The summed E-state index contributed by atoms with van der Waals surface area (Å²) in [5.41, 5.74) is 6.29. The standard InChI is InChI=1S/C23H19ClN2O3/c24-20-12-22-19(21(25-26-22)8-9-23(28)29)11-18(20)16-6-4-15(5-7-16)17-3-1-2-14(10-17)13-27/h1-7,10-12,27H,8-9,13H2,(H,25,26)(H,28,29). The Morgan fingerprint density at radius 1 is 1.00 bits per heavy atom. The van der Waals surface area contributed by atoms with Gasteiger partial charge in [-0.1, -0.05) is 54.1 Å². The lowest BCUT2D eigenvalue weighted by atomic mass is 9.98. The topological polar surface area (TPSA) is 86.2 Å². The van der Waals surface area contributed by atoms with Gasteiger partial charge in [-0.2, -0.15) is 5.10 Å². The number of halogens is 1.